The average molecular weight is 250 g/mol. The van der Waals surface area contributed by atoms with Gasteiger partial charge in [0.2, 0.25) is 11.8 Å². The third-order valence-electron chi connectivity index (χ3n) is 1.73. The fraction of sp³-hybridized carbons (Fsp3) is 0.333. The highest BCUT2D eigenvalue weighted by Crippen LogP contribution is 2.24. The van der Waals surface area contributed by atoms with Crippen LogP contribution in [0.15, 0.2) is 18.3 Å². The molecular weight excluding hydrogens is 241 g/mol. The first-order valence-electron chi connectivity index (χ1n) is 4.36. The number of hydrogen-bond acceptors (Lipinski definition) is 4. The molecule has 8 heteroatoms. The standard InChI is InChI=1S/C9H9F3N2O3/c1-16-8(9(10,11)12)17-6-3-2-5(4-14-6)7(13)15/h2-4,8H,1H3,(H2,13,15). The van der Waals surface area contributed by atoms with E-state index in [-0.39, 0.29) is 11.4 Å². The average Bonchev–Trinajstić information content (AvgIpc) is 2.24. The van der Waals surface area contributed by atoms with E-state index in [4.69, 9.17) is 5.73 Å². The zero-order valence-electron chi connectivity index (χ0n) is 8.69. The molecule has 0 saturated heterocycles. The molecule has 2 N–H and O–H groups in total. The Kier molecular flexibility index (Phi) is 3.89. The quantitative estimate of drug-likeness (QED) is 0.812. The van der Waals surface area contributed by atoms with Crippen molar-refractivity contribution >= 4 is 5.91 Å². The van der Waals surface area contributed by atoms with Crippen LogP contribution in [0.5, 0.6) is 5.88 Å². The van der Waals surface area contributed by atoms with E-state index >= 15 is 0 Å². The van der Waals surface area contributed by atoms with Crippen molar-refractivity contribution in [1.29, 1.82) is 0 Å². The Morgan fingerprint density at radius 3 is 2.47 bits per heavy atom. The van der Waals surface area contributed by atoms with Crippen molar-refractivity contribution in [2.75, 3.05) is 7.11 Å². The lowest BCUT2D eigenvalue weighted by Gasteiger charge is -2.19. The summed E-state index contributed by atoms with van der Waals surface area (Å²) in [6, 6.07) is 2.30. The largest absolute Gasteiger partial charge is 0.452 e. The van der Waals surface area contributed by atoms with Gasteiger partial charge < -0.3 is 15.2 Å². The molecule has 5 nitrogen and oxygen atoms in total. The molecule has 1 unspecified atom stereocenters. The minimum absolute atomic E-state index is 0.0679. The summed E-state index contributed by atoms with van der Waals surface area (Å²) in [5, 5.41) is 0. The summed E-state index contributed by atoms with van der Waals surface area (Å²) in [5.74, 6) is -1.05. The molecule has 1 aromatic heterocycles. The van der Waals surface area contributed by atoms with E-state index in [1.807, 2.05) is 0 Å². The predicted molar refractivity (Wildman–Crippen MR) is 50.2 cm³/mol. The molecule has 0 saturated carbocycles. The topological polar surface area (TPSA) is 74.4 Å². The van der Waals surface area contributed by atoms with Crippen molar-refractivity contribution < 1.29 is 27.4 Å². The van der Waals surface area contributed by atoms with Crippen LogP contribution in [0.1, 0.15) is 10.4 Å². The van der Waals surface area contributed by atoms with Gasteiger partial charge in [-0.3, -0.25) is 4.79 Å². The molecule has 1 aromatic rings. The SMILES string of the molecule is COC(Oc1ccc(C(N)=O)cn1)C(F)(F)F. The van der Waals surface area contributed by atoms with E-state index in [0.717, 1.165) is 19.4 Å². The molecular formula is C9H9F3N2O3. The van der Waals surface area contributed by atoms with Gasteiger partial charge in [0, 0.05) is 19.4 Å². The number of nitrogens with two attached hydrogens (primary N) is 1. The van der Waals surface area contributed by atoms with E-state index in [9.17, 15) is 18.0 Å². The van der Waals surface area contributed by atoms with Crippen LogP contribution in [-0.2, 0) is 4.74 Å². The number of carbonyl (C=O) groups excluding carboxylic acids is 1. The molecule has 1 amide bonds. The second-order valence-corrected chi connectivity index (χ2v) is 2.98. The number of primary amides is 1. The van der Waals surface area contributed by atoms with Gasteiger partial charge in [-0.2, -0.15) is 13.2 Å². The number of aromatic nitrogens is 1. The smallest absolute Gasteiger partial charge is 0.438 e. The fourth-order valence-corrected chi connectivity index (χ4v) is 0.954. The summed E-state index contributed by atoms with van der Waals surface area (Å²) in [6.45, 7) is 0. The second kappa shape index (κ2) is 5.00. The number of methoxy groups -OCH3 is 1. The first kappa shape index (κ1) is 13.2. The number of alkyl halides is 3. The van der Waals surface area contributed by atoms with Crippen molar-refractivity contribution in [3.63, 3.8) is 0 Å². The second-order valence-electron chi connectivity index (χ2n) is 2.98. The monoisotopic (exact) mass is 250 g/mol. The lowest BCUT2D eigenvalue weighted by atomic mass is 10.3. The van der Waals surface area contributed by atoms with E-state index in [0.29, 0.717) is 0 Å². The lowest BCUT2D eigenvalue weighted by molar-refractivity contribution is -0.275. The van der Waals surface area contributed by atoms with Gasteiger partial charge in [-0.1, -0.05) is 0 Å². The van der Waals surface area contributed by atoms with E-state index in [1.54, 1.807) is 0 Å². The van der Waals surface area contributed by atoms with Gasteiger partial charge in [0.1, 0.15) is 0 Å². The highest BCUT2D eigenvalue weighted by Gasteiger charge is 2.42. The van der Waals surface area contributed by atoms with Crippen LogP contribution in [0.4, 0.5) is 13.2 Å². The zero-order valence-corrected chi connectivity index (χ0v) is 8.69. The van der Waals surface area contributed by atoms with Gasteiger partial charge >= 0.3 is 6.18 Å². The molecule has 1 heterocycles. The summed E-state index contributed by atoms with van der Waals surface area (Å²) < 4.78 is 45.4. The Bertz CT molecular complexity index is 391. The molecule has 94 valence electrons. The number of amides is 1. The summed E-state index contributed by atoms with van der Waals surface area (Å²) in [4.78, 5) is 14.2. The Morgan fingerprint density at radius 2 is 2.12 bits per heavy atom. The van der Waals surface area contributed by atoms with Gasteiger partial charge in [-0.25, -0.2) is 4.98 Å². The highest BCUT2D eigenvalue weighted by atomic mass is 19.4. The molecule has 0 spiro atoms. The lowest BCUT2D eigenvalue weighted by Crippen LogP contribution is -2.36. The van der Waals surface area contributed by atoms with Crippen LogP contribution in [-0.4, -0.2) is 30.5 Å². The molecule has 17 heavy (non-hydrogen) atoms. The van der Waals surface area contributed by atoms with Crippen LogP contribution in [0.2, 0.25) is 0 Å². The molecule has 0 aromatic carbocycles. The van der Waals surface area contributed by atoms with E-state index in [2.05, 4.69) is 14.5 Å². The minimum Gasteiger partial charge on any atom is -0.438 e. The van der Waals surface area contributed by atoms with Gasteiger partial charge in [-0.05, 0) is 6.07 Å². The Morgan fingerprint density at radius 1 is 1.47 bits per heavy atom. The summed E-state index contributed by atoms with van der Waals surface area (Å²) in [5.41, 5.74) is 5.00. The molecule has 1 atom stereocenters. The molecule has 0 bridgehead atoms. The Hall–Kier alpha value is -1.83. The predicted octanol–water partition coefficient (Wildman–Crippen LogP) is 1.09. The van der Waals surface area contributed by atoms with Crippen LogP contribution >= 0.6 is 0 Å². The summed E-state index contributed by atoms with van der Waals surface area (Å²) in [7, 11) is 0.857. The fourth-order valence-electron chi connectivity index (χ4n) is 0.954. The third-order valence-corrected chi connectivity index (χ3v) is 1.73. The van der Waals surface area contributed by atoms with Crippen molar-refractivity contribution in [2.24, 2.45) is 5.73 Å². The maximum Gasteiger partial charge on any atom is 0.452 e. The van der Waals surface area contributed by atoms with E-state index < -0.39 is 18.4 Å². The Labute approximate surface area is 94.3 Å². The maximum absolute atomic E-state index is 12.3. The molecule has 0 aliphatic rings. The third kappa shape index (κ3) is 3.59. The van der Waals surface area contributed by atoms with Crippen molar-refractivity contribution in [2.45, 2.75) is 12.5 Å². The number of ether oxygens (including phenoxy) is 2. The number of pyridine rings is 1. The summed E-state index contributed by atoms with van der Waals surface area (Å²) in [6.07, 6.45) is -6.06. The van der Waals surface area contributed by atoms with Gasteiger partial charge in [0.05, 0.1) is 5.56 Å². The highest BCUT2D eigenvalue weighted by molar-refractivity contribution is 5.92. The van der Waals surface area contributed by atoms with Crippen molar-refractivity contribution in [3.8, 4) is 5.88 Å². The van der Waals surface area contributed by atoms with Crippen molar-refractivity contribution in [3.05, 3.63) is 23.9 Å². The van der Waals surface area contributed by atoms with Gasteiger partial charge in [0.15, 0.2) is 0 Å². The molecule has 0 aliphatic heterocycles. The first-order chi connectivity index (χ1) is 7.84. The number of rotatable bonds is 4. The van der Waals surface area contributed by atoms with Gasteiger partial charge in [-0.15, -0.1) is 0 Å². The zero-order chi connectivity index (χ0) is 13.1. The van der Waals surface area contributed by atoms with Crippen LogP contribution in [0, 0.1) is 0 Å². The molecule has 0 fully saturated rings. The van der Waals surface area contributed by atoms with E-state index in [1.165, 1.54) is 6.07 Å². The summed E-state index contributed by atoms with van der Waals surface area (Å²) >= 11 is 0. The number of halogens is 3. The molecule has 0 aliphatic carbocycles. The number of hydrogen-bond donors (Lipinski definition) is 1. The van der Waals surface area contributed by atoms with Crippen LogP contribution in [0.3, 0.4) is 0 Å². The first-order valence-corrected chi connectivity index (χ1v) is 4.36. The normalized spacial score (nSPS) is 13.2. The minimum atomic E-state index is -4.67. The molecule has 0 radical (unpaired) electrons. The van der Waals surface area contributed by atoms with Crippen molar-refractivity contribution in [1.82, 2.24) is 4.98 Å². The number of nitrogens with zero attached hydrogens (tertiary/aromatic N) is 1. The van der Waals surface area contributed by atoms with Crippen LogP contribution < -0.4 is 10.5 Å². The maximum atomic E-state index is 12.3. The Balaban J connectivity index is 2.78. The van der Waals surface area contributed by atoms with Crippen LogP contribution in [0.25, 0.3) is 0 Å². The molecule has 1 rings (SSSR count). The van der Waals surface area contributed by atoms with Gasteiger partial charge in [0.25, 0.3) is 6.29 Å². The number of carbonyl (C=O) groups is 1.